The van der Waals surface area contributed by atoms with Crippen molar-refractivity contribution in [3.63, 3.8) is 0 Å². The Morgan fingerprint density at radius 1 is 1.07 bits per heavy atom. The van der Waals surface area contributed by atoms with Crippen LogP contribution in [0.2, 0.25) is 0 Å². The molecule has 0 saturated heterocycles. The van der Waals surface area contributed by atoms with E-state index < -0.39 is 17.3 Å². The summed E-state index contributed by atoms with van der Waals surface area (Å²) in [4.78, 5) is 16.0. The molecule has 2 heterocycles. The van der Waals surface area contributed by atoms with Crippen molar-refractivity contribution in [2.45, 2.75) is 20.0 Å². The van der Waals surface area contributed by atoms with Gasteiger partial charge in [-0.05, 0) is 36.8 Å². The van der Waals surface area contributed by atoms with Gasteiger partial charge in [-0.2, -0.15) is 14.9 Å². The Balaban J connectivity index is 1.55. The van der Waals surface area contributed by atoms with E-state index in [0.717, 1.165) is 26.9 Å². The molecule has 7 nitrogen and oxygen atoms in total. The van der Waals surface area contributed by atoms with Crippen molar-refractivity contribution in [2.24, 2.45) is 0 Å². The minimum atomic E-state index is -0.714. The largest absolute Gasteiger partial charge is 0.350 e. The lowest BCUT2D eigenvalue weighted by molar-refractivity contribution is 0.541. The zero-order valence-electron chi connectivity index (χ0n) is 16.0. The summed E-state index contributed by atoms with van der Waals surface area (Å²) in [5.74, 6) is -1.43. The van der Waals surface area contributed by atoms with E-state index in [1.807, 2.05) is 12.1 Å². The lowest BCUT2D eigenvalue weighted by atomic mass is 10.2. The van der Waals surface area contributed by atoms with Crippen LogP contribution in [0, 0.1) is 25.1 Å². The quantitative estimate of drug-likeness (QED) is 0.477. The number of rotatable bonds is 5. The molecule has 4 rings (SSSR count). The summed E-state index contributed by atoms with van der Waals surface area (Å²) >= 11 is 0. The summed E-state index contributed by atoms with van der Waals surface area (Å²) in [6.45, 7) is 9.11. The number of nitrogens with zero attached hydrogens (tertiary/aromatic N) is 6. The van der Waals surface area contributed by atoms with Crippen molar-refractivity contribution in [3.05, 3.63) is 105 Å². The second-order valence-corrected chi connectivity index (χ2v) is 6.73. The number of hydrogen-bond donors (Lipinski definition) is 0. The zero-order chi connectivity index (χ0) is 21.3. The van der Waals surface area contributed by atoms with Crippen LogP contribution in [0.15, 0.2) is 59.8 Å². The van der Waals surface area contributed by atoms with Crippen LogP contribution in [0.1, 0.15) is 16.8 Å². The van der Waals surface area contributed by atoms with Gasteiger partial charge in [0.05, 0.1) is 31.0 Å². The first kappa shape index (κ1) is 19.3. The minimum Gasteiger partial charge on any atom is -0.280 e. The number of aromatic nitrogens is 5. The maximum absolute atomic E-state index is 13.9. The maximum Gasteiger partial charge on any atom is 0.350 e. The molecule has 0 amide bonds. The molecular formula is C21H16F2N6O. The van der Waals surface area contributed by atoms with E-state index in [0.29, 0.717) is 23.6 Å². The van der Waals surface area contributed by atoms with Crippen LogP contribution in [0.25, 0.3) is 10.5 Å². The van der Waals surface area contributed by atoms with Crippen molar-refractivity contribution in [1.82, 2.24) is 24.1 Å². The topological polar surface area (TPSA) is 62.0 Å². The highest BCUT2D eigenvalue weighted by atomic mass is 19.1. The van der Waals surface area contributed by atoms with E-state index in [2.05, 4.69) is 15.0 Å². The van der Waals surface area contributed by atoms with Crippen LogP contribution in [-0.2, 0) is 13.1 Å². The van der Waals surface area contributed by atoms with Gasteiger partial charge in [0.25, 0.3) is 0 Å². The van der Waals surface area contributed by atoms with Gasteiger partial charge in [0, 0.05) is 11.8 Å². The SMILES string of the molecule is [C-]#[N+]c1cn(Cc2ccc(-n3ncn(Cc4c(F)cccc4F)c3=O)cc2)nc1C. The van der Waals surface area contributed by atoms with Crippen LogP contribution in [0.5, 0.6) is 0 Å². The van der Waals surface area contributed by atoms with E-state index in [4.69, 9.17) is 6.57 Å². The second kappa shape index (κ2) is 7.75. The van der Waals surface area contributed by atoms with Crippen molar-refractivity contribution < 1.29 is 8.78 Å². The first-order valence-electron chi connectivity index (χ1n) is 9.04. The molecule has 9 heteroatoms. The smallest absolute Gasteiger partial charge is 0.280 e. The van der Waals surface area contributed by atoms with Crippen molar-refractivity contribution in [1.29, 1.82) is 0 Å². The van der Waals surface area contributed by atoms with Gasteiger partial charge in [-0.3, -0.25) is 9.25 Å². The van der Waals surface area contributed by atoms with Crippen LogP contribution < -0.4 is 5.69 Å². The first-order valence-corrected chi connectivity index (χ1v) is 9.04. The van der Waals surface area contributed by atoms with E-state index in [9.17, 15) is 13.6 Å². The Kier molecular flexibility index (Phi) is 4.98. The fourth-order valence-corrected chi connectivity index (χ4v) is 3.10. The van der Waals surface area contributed by atoms with Gasteiger partial charge in [0.15, 0.2) is 0 Å². The average Bonchev–Trinajstić information content (AvgIpc) is 3.27. The minimum absolute atomic E-state index is 0.192. The van der Waals surface area contributed by atoms with E-state index in [1.165, 1.54) is 12.4 Å². The molecule has 2 aromatic heterocycles. The third-order valence-electron chi connectivity index (χ3n) is 4.69. The molecule has 0 saturated carbocycles. The molecule has 0 bridgehead atoms. The molecule has 0 N–H and O–H groups in total. The highest BCUT2D eigenvalue weighted by molar-refractivity contribution is 5.46. The Morgan fingerprint density at radius 3 is 2.40 bits per heavy atom. The highest BCUT2D eigenvalue weighted by Crippen LogP contribution is 2.17. The Bertz CT molecular complexity index is 1290. The molecule has 0 atom stereocenters. The van der Waals surface area contributed by atoms with Gasteiger partial charge in [0.2, 0.25) is 5.69 Å². The molecule has 30 heavy (non-hydrogen) atoms. The predicted molar refractivity (Wildman–Crippen MR) is 106 cm³/mol. The van der Waals surface area contributed by atoms with Crippen molar-refractivity contribution in [2.75, 3.05) is 0 Å². The molecule has 4 aromatic rings. The summed E-state index contributed by atoms with van der Waals surface area (Å²) in [7, 11) is 0. The van der Waals surface area contributed by atoms with Crippen molar-refractivity contribution >= 4 is 5.69 Å². The average molecular weight is 406 g/mol. The third-order valence-corrected chi connectivity index (χ3v) is 4.69. The Morgan fingerprint density at radius 2 is 1.77 bits per heavy atom. The van der Waals surface area contributed by atoms with Crippen LogP contribution in [0.4, 0.5) is 14.5 Å². The lowest BCUT2D eigenvalue weighted by Gasteiger charge is -2.05. The molecule has 0 aliphatic rings. The summed E-state index contributed by atoms with van der Waals surface area (Å²) in [6.07, 6.45) is 2.94. The number of hydrogen-bond acceptors (Lipinski definition) is 3. The summed E-state index contributed by atoms with van der Waals surface area (Å²) < 4.78 is 31.7. The van der Waals surface area contributed by atoms with Gasteiger partial charge in [-0.1, -0.05) is 18.2 Å². The fraction of sp³-hybridized carbons (Fsp3) is 0.143. The van der Waals surface area contributed by atoms with Gasteiger partial charge in [0.1, 0.15) is 18.0 Å². The fourth-order valence-electron chi connectivity index (χ4n) is 3.10. The third kappa shape index (κ3) is 3.63. The predicted octanol–water partition coefficient (Wildman–Crippen LogP) is 3.46. The van der Waals surface area contributed by atoms with Crippen LogP contribution in [-0.4, -0.2) is 24.1 Å². The van der Waals surface area contributed by atoms with E-state index in [-0.39, 0.29) is 12.1 Å². The normalized spacial score (nSPS) is 10.9. The number of aryl methyl sites for hydroxylation is 1. The maximum atomic E-state index is 13.9. The van der Waals surface area contributed by atoms with Crippen molar-refractivity contribution in [3.8, 4) is 5.69 Å². The molecule has 150 valence electrons. The number of benzene rings is 2. The number of halogens is 2. The van der Waals surface area contributed by atoms with Gasteiger partial charge in [-0.15, -0.1) is 0 Å². The standard InChI is InChI=1S/C21H16F2N6O/c1-14-20(24-2)12-28(26-14)10-15-6-8-16(9-7-15)29-21(30)27(13-25-29)11-17-18(22)4-3-5-19(17)23/h3-9,12-13H,10-11H2,1H3. The molecule has 0 radical (unpaired) electrons. The van der Waals surface area contributed by atoms with Gasteiger partial charge >= 0.3 is 5.69 Å². The zero-order valence-corrected chi connectivity index (χ0v) is 16.0. The molecule has 0 unspecified atom stereocenters. The Labute approximate surface area is 170 Å². The van der Waals surface area contributed by atoms with Crippen LogP contribution >= 0.6 is 0 Å². The molecule has 0 fully saturated rings. The van der Waals surface area contributed by atoms with E-state index in [1.54, 1.807) is 29.9 Å². The van der Waals surface area contributed by atoms with Gasteiger partial charge < -0.3 is 0 Å². The second-order valence-electron chi connectivity index (χ2n) is 6.73. The van der Waals surface area contributed by atoms with Crippen LogP contribution in [0.3, 0.4) is 0 Å². The first-order chi connectivity index (χ1) is 14.5. The highest BCUT2D eigenvalue weighted by Gasteiger charge is 2.13. The monoisotopic (exact) mass is 406 g/mol. The molecule has 0 spiro atoms. The summed E-state index contributed by atoms with van der Waals surface area (Å²) in [5, 5.41) is 8.35. The molecule has 2 aromatic carbocycles. The Hall–Kier alpha value is -4.06. The van der Waals surface area contributed by atoms with E-state index >= 15 is 0 Å². The lowest BCUT2D eigenvalue weighted by Crippen LogP contribution is -2.24. The summed E-state index contributed by atoms with van der Waals surface area (Å²) in [5.41, 5.74) is 1.94. The molecular weight excluding hydrogens is 390 g/mol. The molecule has 0 aliphatic carbocycles. The summed E-state index contributed by atoms with van der Waals surface area (Å²) in [6, 6.07) is 10.7. The molecule has 0 aliphatic heterocycles. The van der Waals surface area contributed by atoms with Gasteiger partial charge in [-0.25, -0.2) is 18.4 Å².